The first-order chi connectivity index (χ1) is 23.0. The third-order valence-corrected chi connectivity index (χ3v) is 10.4. The van der Waals surface area contributed by atoms with Crippen molar-refractivity contribution in [3.63, 3.8) is 0 Å². The molecule has 2 amide bonds. The maximum absolute atomic E-state index is 12.7. The van der Waals surface area contributed by atoms with Crippen LogP contribution in [0.3, 0.4) is 0 Å². The van der Waals surface area contributed by atoms with Crippen molar-refractivity contribution >= 4 is 39.4 Å². The Hall–Kier alpha value is -2.27. The zero-order chi connectivity index (χ0) is 34.2. The number of nitrogens with one attached hydrogen (secondary N) is 2. The molecule has 2 unspecified atom stereocenters. The van der Waals surface area contributed by atoms with Gasteiger partial charge in [-0.15, -0.1) is 0 Å². The molecule has 2 atom stereocenters. The second-order valence-electron chi connectivity index (χ2n) is 11.6. The van der Waals surface area contributed by atoms with Crippen molar-refractivity contribution in [2.24, 2.45) is 0 Å². The van der Waals surface area contributed by atoms with Crippen LogP contribution in [0.1, 0.15) is 110 Å². The van der Waals surface area contributed by atoms with Crippen LogP contribution in [-0.4, -0.2) is 70.9 Å². The van der Waals surface area contributed by atoms with Crippen LogP contribution in [0.15, 0.2) is 60.8 Å². The fourth-order valence-corrected chi connectivity index (χ4v) is 7.68. The van der Waals surface area contributed by atoms with Gasteiger partial charge >= 0.3 is 5.97 Å². The van der Waals surface area contributed by atoms with E-state index in [2.05, 4.69) is 78.3 Å². The first-order valence-corrected chi connectivity index (χ1v) is 19.9. The number of aliphatic hydroxyl groups excluding tert-OH is 2. The zero-order valence-electron chi connectivity index (χ0n) is 28.5. The Kier molecular flexibility index (Phi) is 28.2. The van der Waals surface area contributed by atoms with E-state index in [9.17, 15) is 24.6 Å². The number of amides is 2. The van der Waals surface area contributed by atoms with Gasteiger partial charge in [0.25, 0.3) is 0 Å². The van der Waals surface area contributed by atoms with E-state index in [1.807, 2.05) is 21.6 Å². The number of hydrogen-bond donors (Lipinski definition) is 4. The molecule has 10 heteroatoms. The van der Waals surface area contributed by atoms with Crippen molar-refractivity contribution < 1.29 is 29.3 Å². The van der Waals surface area contributed by atoms with E-state index < -0.39 is 31.3 Å². The molecule has 0 aliphatic carbocycles. The Morgan fingerprint density at radius 3 is 2.00 bits per heavy atom. The summed E-state index contributed by atoms with van der Waals surface area (Å²) in [6, 6.07) is -0.857. The lowest BCUT2D eigenvalue weighted by molar-refractivity contribution is -0.157. The predicted octanol–water partition coefficient (Wildman–Crippen LogP) is 7.29. The molecule has 0 radical (unpaired) electrons. The molecule has 0 aromatic heterocycles. The largest absolute Gasteiger partial charge is 0.456 e. The number of esters is 1. The van der Waals surface area contributed by atoms with Gasteiger partial charge in [-0.2, -0.15) is 0 Å². The van der Waals surface area contributed by atoms with Gasteiger partial charge in [0, 0.05) is 30.4 Å². The van der Waals surface area contributed by atoms with Gasteiger partial charge < -0.3 is 25.6 Å². The number of unbranched alkanes of at least 4 members (excludes halogenated alkanes) is 3. The molecule has 1 aliphatic heterocycles. The molecule has 0 aromatic rings. The Labute approximate surface area is 291 Å². The number of ether oxygens (including phenoxy) is 1. The van der Waals surface area contributed by atoms with Crippen LogP contribution in [0.4, 0.5) is 0 Å². The fraction of sp³-hybridized carbons (Fsp3) is 0.649. The van der Waals surface area contributed by atoms with E-state index in [0.29, 0.717) is 43.9 Å². The molecular formula is C37H60N2O6S2. The quantitative estimate of drug-likeness (QED) is 0.0292. The highest BCUT2D eigenvalue weighted by Crippen LogP contribution is 2.39. The van der Waals surface area contributed by atoms with Crippen molar-refractivity contribution in [2.45, 2.75) is 127 Å². The average molecular weight is 693 g/mol. The molecule has 1 saturated heterocycles. The van der Waals surface area contributed by atoms with E-state index in [4.69, 9.17) is 4.74 Å². The minimum atomic E-state index is -1.02. The van der Waals surface area contributed by atoms with Crippen molar-refractivity contribution in [1.82, 2.24) is 10.6 Å². The normalized spacial score (nSPS) is 16.0. The molecule has 1 heterocycles. The smallest absolute Gasteiger partial charge is 0.329 e. The Bertz CT molecular complexity index is 972. The predicted molar refractivity (Wildman–Crippen MR) is 198 cm³/mol. The highest BCUT2D eigenvalue weighted by Gasteiger charge is 2.25. The molecule has 1 rings (SSSR count). The van der Waals surface area contributed by atoms with Crippen LogP contribution in [0.25, 0.3) is 0 Å². The lowest BCUT2D eigenvalue weighted by Gasteiger charge is -2.21. The lowest BCUT2D eigenvalue weighted by atomic mass is 10.1. The van der Waals surface area contributed by atoms with Crippen molar-refractivity contribution in [3.8, 4) is 0 Å². The molecule has 47 heavy (non-hydrogen) atoms. The summed E-state index contributed by atoms with van der Waals surface area (Å²) in [5.74, 6) is 0.332. The van der Waals surface area contributed by atoms with Gasteiger partial charge in [0.1, 0.15) is 12.1 Å². The summed E-state index contributed by atoms with van der Waals surface area (Å²) in [5, 5.41) is 24.9. The number of carbonyl (C=O) groups excluding carboxylic acids is 3. The van der Waals surface area contributed by atoms with Crippen LogP contribution in [0, 0.1) is 0 Å². The summed E-state index contributed by atoms with van der Waals surface area (Å²) < 4.78 is 5.18. The molecule has 266 valence electrons. The van der Waals surface area contributed by atoms with Gasteiger partial charge in [-0.1, -0.05) is 95.7 Å². The number of allylic oxidation sites excluding steroid dienone is 10. The van der Waals surface area contributed by atoms with Gasteiger partial charge in [-0.25, -0.2) is 4.79 Å². The van der Waals surface area contributed by atoms with Crippen LogP contribution in [-0.2, 0) is 19.1 Å². The first kappa shape index (κ1) is 42.8. The number of carbonyl (C=O) groups is 3. The minimum Gasteiger partial charge on any atom is -0.456 e. The lowest BCUT2D eigenvalue weighted by Crippen LogP contribution is -2.44. The van der Waals surface area contributed by atoms with Crippen molar-refractivity contribution in [3.05, 3.63) is 60.8 Å². The molecule has 0 aromatic carbocycles. The van der Waals surface area contributed by atoms with Gasteiger partial charge in [-0.05, 0) is 83.5 Å². The first-order valence-electron chi connectivity index (χ1n) is 17.5. The van der Waals surface area contributed by atoms with Gasteiger partial charge in [0.15, 0.2) is 0 Å². The minimum absolute atomic E-state index is 0.00458. The molecule has 1 aliphatic rings. The second kappa shape index (κ2) is 31.0. The van der Waals surface area contributed by atoms with Crippen molar-refractivity contribution in [2.75, 3.05) is 25.5 Å². The fourth-order valence-electron chi connectivity index (χ4n) is 4.65. The molecular weight excluding hydrogens is 633 g/mol. The van der Waals surface area contributed by atoms with Crippen LogP contribution in [0.2, 0.25) is 0 Å². The van der Waals surface area contributed by atoms with Gasteiger partial charge in [0.2, 0.25) is 11.8 Å². The molecule has 0 bridgehead atoms. The SMILES string of the molecule is CCC=CCC=CCC=CCC=CCC=CCCCC(=O)NCCCCC(NC(=O)CCCCC1CCSS1)C(=O)OC(CO)CO. The zero-order valence-corrected chi connectivity index (χ0v) is 30.1. The highest BCUT2D eigenvalue weighted by molar-refractivity contribution is 8.77. The summed E-state index contributed by atoms with van der Waals surface area (Å²) in [5.41, 5.74) is 0. The number of aliphatic hydroxyl groups is 2. The Morgan fingerprint density at radius 1 is 0.787 bits per heavy atom. The van der Waals surface area contributed by atoms with Crippen molar-refractivity contribution in [1.29, 1.82) is 0 Å². The van der Waals surface area contributed by atoms with Gasteiger partial charge in [-0.3, -0.25) is 9.59 Å². The van der Waals surface area contributed by atoms with Crippen LogP contribution >= 0.6 is 21.6 Å². The van der Waals surface area contributed by atoms with Gasteiger partial charge in [0.05, 0.1) is 13.2 Å². The monoisotopic (exact) mass is 692 g/mol. The summed E-state index contributed by atoms with van der Waals surface area (Å²) in [4.78, 5) is 37.4. The summed E-state index contributed by atoms with van der Waals surface area (Å²) in [6.45, 7) is 1.65. The maximum Gasteiger partial charge on any atom is 0.329 e. The van der Waals surface area contributed by atoms with E-state index in [1.54, 1.807) is 0 Å². The average Bonchev–Trinajstić information content (AvgIpc) is 3.60. The Morgan fingerprint density at radius 2 is 1.40 bits per heavy atom. The molecule has 1 fully saturated rings. The standard InChI is InChI=1S/C37H60N2O6S2/c1-2-3-4-5-6-7-8-9-10-11-12-13-14-15-16-17-18-25-35(42)38-28-22-21-24-34(37(44)45-32(30-40)31-41)39-36(43)26-20-19-23-33-27-29-46-47-33/h3-4,6-7,9-10,12-13,15-16,32-34,40-41H,2,5,8,11,14,17-31H2,1H3,(H,38,42)(H,39,43). The third kappa shape index (κ3) is 25.4. The van der Waals surface area contributed by atoms with E-state index in [0.717, 1.165) is 64.2 Å². The summed E-state index contributed by atoms with van der Waals surface area (Å²) in [6.07, 6.45) is 33.6. The number of hydrogen-bond acceptors (Lipinski definition) is 8. The molecule has 8 nitrogen and oxygen atoms in total. The van der Waals surface area contributed by atoms with Crippen LogP contribution in [0.5, 0.6) is 0 Å². The molecule has 0 saturated carbocycles. The Balaban J connectivity index is 2.19. The molecule has 4 N–H and O–H groups in total. The number of rotatable bonds is 28. The maximum atomic E-state index is 12.7. The second-order valence-corrected chi connectivity index (χ2v) is 14.4. The van der Waals surface area contributed by atoms with E-state index in [1.165, 1.54) is 12.2 Å². The molecule has 0 spiro atoms. The third-order valence-electron chi connectivity index (χ3n) is 7.39. The van der Waals surface area contributed by atoms with E-state index >= 15 is 0 Å². The topological polar surface area (TPSA) is 125 Å². The van der Waals surface area contributed by atoms with E-state index in [-0.39, 0.29) is 11.8 Å². The highest BCUT2D eigenvalue weighted by atomic mass is 33.1. The van der Waals surface area contributed by atoms with Crippen LogP contribution < -0.4 is 10.6 Å². The summed E-state index contributed by atoms with van der Waals surface area (Å²) >= 11 is 0. The summed E-state index contributed by atoms with van der Waals surface area (Å²) in [7, 11) is 3.84.